The van der Waals surface area contributed by atoms with Gasteiger partial charge in [0.2, 0.25) is 5.91 Å². The second kappa shape index (κ2) is 8.93. The number of carbonyl (C=O) groups excluding carboxylic acids is 1. The number of carbonyl (C=O) groups is 1. The van der Waals surface area contributed by atoms with E-state index in [1.54, 1.807) is 6.20 Å². The lowest BCUT2D eigenvalue weighted by Gasteiger charge is -2.28. The van der Waals surface area contributed by atoms with Crippen LogP contribution in [-0.4, -0.2) is 17.4 Å². The van der Waals surface area contributed by atoms with Gasteiger partial charge in [0.15, 0.2) is 0 Å². The molecule has 0 saturated heterocycles. The molecule has 0 unspecified atom stereocenters. The first-order valence-electron chi connectivity index (χ1n) is 7.01. The van der Waals surface area contributed by atoms with Crippen LogP contribution in [0.15, 0.2) is 36.5 Å². The van der Waals surface area contributed by atoms with Crippen molar-refractivity contribution in [3.8, 4) is 0 Å². The molecular formula is C16H23Cl2N3O. The number of hydrogen-bond donors (Lipinski definition) is 2. The number of rotatable bonds is 5. The van der Waals surface area contributed by atoms with Crippen molar-refractivity contribution in [1.82, 2.24) is 4.98 Å². The molecule has 122 valence electrons. The molecule has 3 N–H and O–H groups in total. The van der Waals surface area contributed by atoms with Gasteiger partial charge in [0, 0.05) is 11.9 Å². The van der Waals surface area contributed by atoms with Gasteiger partial charge in [0.05, 0.1) is 22.8 Å². The summed E-state index contributed by atoms with van der Waals surface area (Å²) in [4.78, 5) is 16.8. The summed E-state index contributed by atoms with van der Waals surface area (Å²) < 4.78 is 0. The number of benzene rings is 1. The molecule has 0 atom stereocenters. The Bertz CT molecular complexity index is 607. The highest BCUT2D eigenvalue weighted by Gasteiger charge is 2.33. The van der Waals surface area contributed by atoms with Gasteiger partial charge < -0.3 is 11.1 Å². The van der Waals surface area contributed by atoms with Crippen molar-refractivity contribution in [2.24, 2.45) is 11.1 Å². The lowest BCUT2D eigenvalue weighted by atomic mass is 9.81. The predicted octanol–water partition coefficient (Wildman–Crippen LogP) is 3.78. The molecule has 2 rings (SSSR count). The van der Waals surface area contributed by atoms with Crippen molar-refractivity contribution < 1.29 is 4.79 Å². The molecule has 0 aliphatic heterocycles. The molecule has 1 aromatic heterocycles. The van der Waals surface area contributed by atoms with Crippen molar-refractivity contribution in [2.45, 2.75) is 26.7 Å². The van der Waals surface area contributed by atoms with Gasteiger partial charge in [0.25, 0.3) is 0 Å². The van der Waals surface area contributed by atoms with Gasteiger partial charge in [-0.1, -0.05) is 32.0 Å². The van der Waals surface area contributed by atoms with Crippen molar-refractivity contribution in [1.29, 1.82) is 0 Å². The summed E-state index contributed by atoms with van der Waals surface area (Å²) in [6.45, 7) is 4.34. The summed E-state index contributed by atoms with van der Waals surface area (Å²) in [5.74, 6) is -0.0259. The zero-order valence-electron chi connectivity index (χ0n) is 12.8. The minimum atomic E-state index is -0.494. The molecule has 0 spiro atoms. The molecule has 4 nitrogen and oxygen atoms in total. The summed E-state index contributed by atoms with van der Waals surface area (Å²) >= 11 is 0. The Labute approximate surface area is 143 Å². The van der Waals surface area contributed by atoms with Gasteiger partial charge in [-0.05, 0) is 25.0 Å². The zero-order valence-corrected chi connectivity index (χ0v) is 14.5. The number of fused-ring (bicyclic) bond motifs is 1. The van der Waals surface area contributed by atoms with E-state index in [4.69, 9.17) is 5.73 Å². The van der Waals surface area contributed by atoms with E-state index in [0.29, 0.717) is 12.2 Å². The summed E-state index contributed by atoms with van der Waals surface area (Å²) in [5.41, 5.74) is 6.94. The number of hydrogen-bond acceptors (Lipinski definition) is 3. The first-order chi connectivity index (χ1) is 9.65. The van der Waals surface area contributed by atoms with E-state index in [1.807, 2.05) is 44.2 Å². The molecule has 2 aromatic rings. The van der Waals surface area contributed by atoms with Crippen LogP contribution in [0.1, 0.15) is 26.7 Å². The Kier molecular flexibility index (Phi) is 8.38. The Morgan fingerprint density at radius 3 is 2.45 bits per heavy atom. The lowest BCUT2D eigenvalue weighted by molar-refractivity contribution is -0.125. The number of para-hydroxylation sites is 1. The molecule has 0 aliphatic carbocycles. The van der Waals surface area contributed by atoms with Gasteiger partial charge in [-0.2, -0.15) is 0 Å². The van der Waals surface area contributed by atoms with E-state index in [2.05, 4.69) is 10.3 Å². The average molecular weight is 344 g/mol. The van der Waals surface area contributed by atoms with Gasteiger partial charge in [0.1, 0.15) is 0 Å². The van der Waals surface area contributed by atoms with E-state index in [9.17, 15) is 4.79 Å². The van der Waals surface area contributed by atoms with Crippen LogP contribution in [-0.2, 0) is 4.79 Å². The number of nitrogens with zero attached hydrogens (tertiary/aromatic N) is 1. The van der Waals surface area contributed by atoms with Crippen LogP contribution in [0, 0.1) is 5.41 Å². The van der Waals surface area contributed by atoms with Gasteiger partial charge in [-0.3, -0.25) is 9.78 Å². The molecular weight excluding hydrogens is 321 g/mol. The van der Waals surface area contributed by atoms with Crippen LogP contribution in [0.5, 0.6) is 0 Å². The van der Waals surface area contributed by atoms with Crippen LogP contribution in [0.2, 0.25) is 0 Å². The second-order valence-electron chi connectivity index (χ2n) is 5.06. The van der Waals surface area contributed by atoms with Crippen LogP contribution in [0.3, 0.4) is 0 Å². The third kappa shape index (κ3) is 4.09. The zero-order chi connectivity index (χ0) is 14.6. The van der Waals surface area contributed by atoms with Crippen LogP contribution in [0.25, 0.3) is 10.9 Å². The molecule has 0 aliphatic rings. The number of nitrogens with one attached hydrogen (secondary N) is 1. The third-order valence-corrected chi connectivity index (χ3v) is 4.07. The number of pyridine rings is 1. The Hall–Kier alpha value is -1.36. The smallest absolute Gasteiger partial charge is 0.231 e. The van der Waals surface area contributed by atoms with Crippen molar-refractivity contribution >= 4 is 47.3 Å². The van der Waals surface area contributed by atoms with Gasteiger partial charge in [-0.15, -0.1) is 24.8 Å². The first-order valence-corrected chi connectivity index (χ1v) is 7.01. The Morgan fingerprint density at radius 2 is 1.86 bits per heavy atom. The van der Waals surface area contributed by atoms with Crippen LogP contribution >= 0.6 is 24.8 Å². The topological polar surface area (TPSA) is 68.0 Å². The fourth-order valence-electron chi connectivity index (χ4n) is 2.36. The maximum atomic E-state index is 12.4. The minimum absolute atomic E-state index is 0. The molecule has 0 fully saturated rings. The van der Waals surface area contributed by atoms with Gasteiger partial charge >= 0.3 is 0 Å². The van der Waals surface area contributed by atoms with Crippen LogP contribution in [0.4, 0.5) is 5.69 Å². The second-order valence-corrected chi connectivity index (χ2v) is 5.06. The van der Waals surface area contributed by atoms with E-state index in [0.717, 1.165) is 23.7 Å². The molecule has 0 saturated carbocycles. The number of aromatic nitrogens is 1. The number of nitrogens with two attached hydrogens (primary N) is 1. The van der Waals surface area contributed by atoms with E-state index in [1.165, 1.54) is 0 Å². The molecule has 0 radical (unpaired) electrons. The van der Waals surface area contributed by atoms with E-state index < -0.39 is 5.41 Å². The predicted molar refractivity (Wildman–Crippen MR) is 96.9 cm³/mol. The Balaban J connectivity index is 0.00000220. The molecule has 22 heavy (non-hydrogen) atoms. The van der Waals surface area contributed by atoms with E-state index in [-0.39, 0.29) is 30.7 Å². The minimum Gasteiger partial charge on any atom is -0.329 e. The first kappa shape index (κ1) is 20.6. The summed E-state index contributed by atoms with van der Waals surface area (Å²) in [6.07, 6.45) is 3.15. The SMILES string of the molecule is CCC(CC)(CN)C(=O)Nc1cnc2ccccc2c1.Cl.Cl. The van der Waals surface area contributed by atoms with Gasteiger partial charge in [-0.25, -0.2) is 0 Å². The third-order valence-electron chi connectivity index (χ3n) is 4.07. The fraction of sp³-hybridized carbons (Fsp3) is 0.375. The van der Waals surface area contributed by atoms with Crippen molar-refractivity contribution in [3.63, 3.8) is 0 Å². The van der Waals surface area contributed by atoms with Crippen molar-refractivity contribution in [2.75, 3.05) is 11.9 Å². The highest BCUT2D eigenvalue weighted by molar-refractivity contribution is 5.96. The standard InChI is InChI=1S/C16H21N3O.2ClH/c1-3-16(4-2,11-17)15(20)19-13-9-12-7-5-6-8-14(12)18-10-13;;/h5-10H,3-4,11,17H2,1-2H3,(H,19,20);2*1H. The molecule has 1 amide bonds. The number of halogens is 2. The van der Waals surface area contributed by atoms with Crippen molar-refractivity contribution in [3.05, 3.63) is 36.5 Å². The normalized spacial score (nSPS) is 10.5. The summed E-state index contributed by atoms with van der Waals surface area (Å²) in [5, 5.41) is 3.96. The number of amides is 1. The van der Waals surface area contributed by atoms with E-state index >= 15 is 0 Å². The average Bonchev–Trinajstić information content (AvgIpc) is 2.49. The largest absolute Gasteiger partial charge is 0.329 e. The molecule has 6 heteroatoms. The summed E-state index contributed by atoms with van der Waals surface area (Å²) in [6, 6.07) is 9.77. The maximum absolute atomic E-state index is 12.4. The fourth-order valence-corrected chi connectivity index (χ4v) is 2.36. The lowest BCUT2D eigenvalue weighted by Crippen LogP contribution is -2.41. The summed E-state index contributed by atoms with van der Waals surface area (Å²) in [7, 11) is 0. The molecule has 0 bridgehead atoms. The highest BCUT2D eigenvalue weighted by Crippen LogP contribution is 2.27. The monoisotopic (exact) mass is 343 g/mol. The number of anilines is 1. The maximum Gasteiger partial charge on any atom is 0.231 e. The highest BCUT2D eigenvalue weighted by atomic mass is 35.5. The molecule has 1 heterocycles. The van der Waals surface area contributed by atoms with Crippen LogP contribution < -0.4 is 11.1 Å². The Morgan fingerprint density at radius 1 is 1.23 bits per heavy atom. The molecule has 1 aromatic carbocycles. The quantitative estimate of drug-likeness (QED) is 0.867.